The second kappa shape index (κ2) is 5.93. The lowest BCUT2D eigenvalue weighted by atomic mass is 10.1. The molecule has 0 amide bonds. The molecule has 0 aliphatic heterocycles. The number of aromatic nitrogens is 2. The molecule has 1 aromatic carbocycles. The second-order valence-electron chi connectivity index (χ2n) is 4.63. The summed E-state index contributed by atoms with van der Waals surface area (Å²) in [6, 6.07) is 4.83. The maximum absolute atomic E-state index is 13.3. The summed E-state index contributed by atoms with van der Waals surface area (Å²) in [6.45, 7) is 6.89. The number of nitrogens with zero attached hydrogens (tertiary/aromatic N) is 2. The van der Waals surface area contributed by atoms with Gasteiger partial charge in [-0.25, -0.2) is 4.39 Å². The van der Waals surface area contributed by atoms with Crippen LogP contribution in [0.3, 0.4) is 0 Å². The Morgan fingerprint density at radius 3 is 2.95 bits per heavy atom. The Morgan fingerprint density at radius 1 is 1.42 bits per heavy atom. The molecule has 0 saturated carbocycles. The zero-order chi connectivity index (χ0) is 13.8. The van der Waals surface area contributed by atoms with Crippen molar-refractivity contribution in [1.82, 2.24) is 15.5 Å². The Balaban J connectivity index is 2.18. The van der Waals surface area contributed by atoms with E-state index in [1.165, 1.54) is 12.1 Å². The summed E-state index contributed by atoms with van der Waals surface area (Å²) in [5, 5.41) is 7.20. The molecule has 1 N–H and O–H groups in total. The fraction of sp³-hybridized carbons (Fsp3) is 0.429. The number of halogens is 1. The minimum Gasteiger partial charge on any atom is -0.339 e. The number of nitrogens with one attached hydrogen (secondary N) is 1. The van der Waals surface area contributed by atoms with Gasteiger partial charge >= 0.3 is 0 Å². The summed E-state index contributed by atoms with van der Waals surface area (Å²) in [5.41, 5.74) is 1.60. The van der Waals surface area contributed by atoms with Gasteiger partial charge in [0, 0.05) is 18.0 Å². The van der Waals surface area contributed by atoms with Crippen molar-refractivity contribution in [2.45, 2.75) is 33.2 Å². The van der Waals surface area contributed by atoms with Gasteiger partial charge in [0.05, 0.1) is 0 Å². The molecule has 102 valence electrons. The van der Waals surface area contributed by atoms with E-state index in [-0.39, 0.29) is 11.9 Å². The molecule has 19 heavy (non-hydrogen) atoms. The van der Waals surface area contributed by atoms with Gasteiger partial charge in [0.15, 0.2) is 0 Å². The number of hydrogen-bond donors (Lipinski definition) is 1. The van der Waals surface area contributed by atoms with E-state index < -0.39 is 0 Å². The quantitative estimate of drug-likeness (QED) is 0.901. The predicted octanol–water partition coefficient (Wildman–Crippen LogP) is 2.72. The molecule has 5 heteroatoms. The van der Waals surface area contributed by atoms with Crippen LogP contribution in [0.25, 0.3) is 11.4 Å². The van der Waals surface area contributed by atoms with Crippen LogP contribution in [0.15, 0.2) is 22.7 Å². The lowest BCUT2D eigenvalue weighted by Crippen LogP contribution is -2.27. The molecular formula is C14H18FN3O. The topological polar surface area (TPSA) is 51.0 Å². The first-order valence-electron chi connectivity index (χ1n) is 6.42. The van der Waals surface area contributed by atoms with Gasteiger partial charge in [0.1, 0.15) is 5.82 Å². The third kappa shape index (κ3) is 3.38. The minimum atomic E-state index is -0.298. The van der Waals surface area contributed by atoms with Gasteiger partial charge in [-0.2, -0.15) is 4.98 Å². The maximum Gasteiger partial charge on any atom is 0.228 e. The monoisotopic (exact) mass is 263 g/mol. The van der Waals surface area contributed by atoms with Crippen molar-refractivity contribution in [2.24, 2.45) is 0 Å². The Labute approximate surface area is 112 Å². The summed E-state index contributed by atoms with van der Waals surface area (Å²) in [5.74, 6) is 0.704. The number of benzene rings is 1. The maximum atomic E-state index is 13.3. The lowest BCUT2D eigenvalue weighted by molar-refractivity contribution is 0.363. The fourth-order valence-electron chi connectivity index (χ4n) is 1.96. The molecule has 0 spiro atoms. The Kier molecular flexibility index (Phi) is 4.27. The standard InChI is InChI=1S/C14H18FN3O/c1-4-16-10(3)7-13-17-14(18-19-13)12-8-11(15)6-5-9(12)2/h5-6,8,10,16H,4,7H2,1-3H3. The Morgan fingerprint density at radius 2 is 2.21 bits per heavy atom. The van der Waals surface area contributed by atoms with Crippen molar-refractivity contribution in [2.75, 3.05) is 6.54 Å². The highest BCUT2D eigenvalue weighted by atomic mass is 19.1. The molecule has 0 radical (unpaired) electrons. The average Bonchev–Trinajstić information content (AvgIpc) is 2.81. The SMILES string of the molecule is CCNC(C)Cc1nc(-c2cc(F)ccc2C)no1. The summed E-state index contributed by atoms with van der Waals surface area (Å²) < 4.78 is 18.5. The van der Waals surface area contributed by atoms with Crippen molar-refractivity contribution in [3.63, 3.8) is 0 Å². The van der Waals surface area contributed by atoms with Crippen LogP contribution >= 0.6 is 0 Å². The molecule has 4 nitrogen and oxygen atoms in total. The molecule has 2 rings (SSSR count). The van der Waals surface area contributed by atoms with Crippen molar-refractivity contribution >= 4 is 0 Å². The Hall–Kier alpha value is -1.75. The fourth-order valence-corrected chi connectivity index (χ4v) is 1.96. The first-order valence-corrected chi connectivity index (χ1v) is 6.42. The van der Waals surface area contributed by atoms with Gasteiger partial charge in [-0.3, -0.25) is 0 Å². The lowest BCUT2D eigenvalue weighted by Gasteiger charge is -2.07. The van der Waals surface area contributed by atoms with Crippen LogP contribution in [0, 0.1) is 12.7 Å². The summed E-state index contributed by atoms with van der Waals surface area (Å²) >= 11 is 0. The van der Waals surface area contributed by atoms with Crippen molar-refractivity contribution in [3.8, 4) is 11.4 Å². The van der Waals surface area contributed by atoms with Crippen LogP contribution in [-0.4, -0.2) is 22.7 Å². The van der Waals surface area contributed by atoms with Crippen LogP contribution in [0.1, 0.15) is 25.3 Å². The molecule has 0 bridgehead atoms. The molecule has 0 aliphatic rings. The molecular weight excluding hydrogens is 245 g/mol. The summed E-state index contributed by atoms with van der Waals surface area (Å²) in [7, 11) is 0. The third-order valence-corrected chi connectivity index (χ3v) is 2.94. The van der Waals surface area contributed by atoms with Crippen LogP contribution in [0.4, 0.5) is 4.39 Å². The third-order valence-electron chi connectivity index (χ3n) is 2.94. The van der Waals surface area contributed by atoms with E-state index in [4.69, 9.17) is 4.52 Å². The Bertz CT molecular complexity index is 553. The van der Waals surface area contributed by atoms with Gasteiger partial charge in [-0.1, -0.05) is 18.1 Å². The average molecular weight is 263 g/mol. The van der Waals surface area contributed by atoms with E-state index in [9.17, 15) is 4.39 Å². The highest BCUT2D eigenvalue weighted by Crippen LogP contribution is 2.21. The molecule has 0 saturated heterocycles. The van der Waals surface area contributed by atoms with E-state index in [0.29, 0.717) is 23.7 Å². The van der Waals surface area contributed by atoms with Gasteiger partial charge < -0.3 is 9.84 Å². The zero-order valence-electron chi connectivity index (χ0n) is 11.4. The number of likely N-dealkylation sites (N-methyl/N-ethyl adjacent to an activating group) is 1. The molecule has 1 heterocycles. The molecule has 1 atom stereocenters. The van der Waals surface area contributed by atoms with Crippen molar-refractivity contribution < 1.29 is 8.91 Å². The molecule has 0 fully saturated rings. The summed E-state index contributed by atoms with van der Waals surface area (Å²) in [6.07, 6.45) is 0.662. The van der Waals surface area contributed by atoms with Gasteiger partial charge in [-0.05, 0) is 38.1 Å². The number of hydrogen-bond acceptors (Lipinski definition) is 4. The first-order chi connectivity index (χ1) is 9.10. The van der Waals surface area contributed by atoms with Crippen LogP contribution in [-0.2, 0) is 6.42 Å². The minimum absolute atomic E-state index is 0.270. The van der Waals surface area contributed by atoms with Crippen LogP contribution in [0.2, 0.25) is 0 Å². The molecule has 2 aromatic rings. The van der Waals surface area contributed by atoms with Gasteiger partial charge in [0.25, 0.3) is 0 Å². The van der Waals surface area contributed by atoms with Crippen molar-refractivity contribution in [3.05, 3.63) is 35.5 Å². The van der Waals surface area contributed by atoms with Gasteiger partial charge in [0.2, 0.25) is 11.7 Å². The van der Waals surface area contributed by atoms with E-state index in [1.54, 1.807) is 6.07 Å². The van der Waals surface area contributed by atoms with Crippen molar-refractivity contribution in [1.29, 1.82) is 0 Å². The number of rotatable bonds is 5. The molecule has 1 aromatic heterocycles. The highest BCUT2D eigenvalue weighted by Gasteiger charge is 2.13. The van der Waals surface area contributed by atoms with Gasteiger partial charge in [-0.15, -0.1) is 0 Å². The first kappa shape index (κ1) is 13.7. The van der Waals surface area contributed by atoms with E-state index >= 15 is 0 Å². The van der Waals surface area contributed by atoms with Crippen LogP contribution < -0.4 is 5.32 Å². The second-order valence-corrected chi connectivity index (χ2v) is 4.63. The number of aryl methyl sites for hydroxylation is 1. The predicted molar refractivity (Wildman–Crippen MR) is 71.3 cm³/mol. The van der Waals surface area contributed by atoms with E-state index in [0.717, 1.165) is 12.1 Å². The zero-order valence-corrected chi connectivity index (χ0v) is 11.4. The van der Waals surface area contributed by atoms with E-state index in [1.807, 2.05) is 13.8 Å². The van der Waals surface area contributed by atoms with Crippen LogP contribution in [0.5, 0.6) is 0 Å². The summed E-state index contributed by atoms with van der Waals surface area (Å²) in [4.78, 5) is 4.32. The molecule has 0 aliphatic carbocycles. The largest absolute Gasteiger partial charge is 0.339 e. The smallest absolute Gasteiger partial charge is 0.228 e. The van der Waals surface area contributed by atoms with E-state index in [2.05, 4.69) is 22.4 Å². The normalized spacial score (nSPS) is 12.6. The molecule has 1 unspecified atom stereocenters. The highest BCUT2D eigenvalue weighted by molar-refractivity contribution is 5.59.